The predicted molar refractivity (Wildman–Crippen MR) is 78.8 cm³/mol. The number of rotatable bonds is 6. The molecule has 0 radical (unpaired) electrons. The van der Waals surface area contributed by atoms with Crippen LogP contribution in [-0.2, 0) is 10.0 Å². The molecule has 0 aromatic heterocycles. The van der Waals surface area contributed by atoms with E-state index in [-0.39, 0.29) is 11.5 Å². The van der Waals surface area contributed by atoms with Crippen molar-refractivity contribution in [2.24, 2.45) is 5.92 Å². The van der Waals surface area contributed by atoms with Gasteiger partial charge in [-0.05, 0) is 24.5 Å². The molecule has 1 saturated carbocycles. The second-order valence-electron chi connectivity index (χ2n) is 5.67. The summed E-state index contributed by atoms with van der Waals surface area (Å²) >= 11 is 0. The Balaban J connectivity index is 2.04. The number of benzene rings is 1. The maximum atomic E-state index is 13.6. The van der Waals surface area contributed by atoms with Gasteiger partial charge in [0.05, 0.1) is 6.61 Å². The van der Waals surface area contributed by atoms with Gasteiger partial charge in [-0.3, -0.25) is 0 Å². The Hall–Kier alpha value is -0.980. The van der Waals surface area contributed by atoms with E-state index in [9.17, 15) is 17.9 Å². The molecule has 0 unspecified atom stereocenters. The van der Waals surface area contributed by atoms with E-state index in [0.29, 0.717) is 12.3 Å². The number of halogens is 1. The van der Waals surface area contributed by atoms with Crippen LogP contribution in [0.1, 0.15) is 38.5 Å². The van der Waals surface area contributed by atoms with Crippen LogP contribution in [0, 0.1) is 11.7 Å². The van der Waals surface area contributed by atoms with Crippen molar-refractivity contribution in [1.82, 2.24) is 4.72 Å². The molecule has 0 heterocycles. The third-order valence-electron chi connectivity index (χ3n) is 4.01. The van der Waals surface area contributed by atoms with Crippen molar-refractivity contribution < 1.29 is 17.9 Å². The minimum absolute atomic E-state index is 0.274. The zero-order valence-corrected chi connectivity index (χ0v) is 12.8. The summed E-state index contributed by atoms with van der Waals surface area (Å²) < 4.78 is 40.4. The van der Waals surface area contributed by atoms with Gasteiger partial charge in [0.25, 0.3) is 0 Å². The van der Waals surface area contributed by atoms with Crippen molar-refractivity contribution in [3.8, 4) is 0 Å². The topological polar surface area (TPSA) is 66.4 Å². The minimum atomic E-state index is -3.94. The normalized spacial score (nSPS) is 18.6. The lowest BCUT2D eigenvalue weighted by Crippen LogP contribution is -2.39. The van der Waals surface area contributed by atoms with Crippen LogP contribution in [0.3, 0.4) is 0 Å². The highest BCUT2D eigenvalue weighted by Gasteiger charge is 2.25. The third kappa shape index (κ3) is 4.49. The fourth-order valence-corrected chi connectivity index (χ4v) is 4.25. The smallest absolute Gasteiger partial charge is 0.243 e. The Bertz CT molecular complexity index is 556. The molecule has 0 saturated heterocycles. The van der Waals surface area contributed by atoms with Gasteiger partial charge in [-0.15, -0.1) is 0 Å². The Morgan fingerprint density at radius 3 is 2.52 bits per heavy atom. The summed E-state index contributed by atoms with van der Waals surface area (Å²) in [5.41, 5.74) is 0. The third-order valence-corrected chi connectivity index (χ3v) is 5.56. The van der Waals surface area contributed by atoms with Crippen LogP contribution < -0.4 is 4.72 Å². The monoisotopic (exact) mass is 315 g/mol. The van der Waals surface area contributed by atoms with Gasteiger partial charge < -0.3 is 5.11 Å². The van der Waals surface area contributed by atoms with Crippen molar-refractivity contribution in [2.45, 2.75) is 49.5 Å². The van der Waals surface area contributed by atoms with Gasteiger partial charge in [0.15, 0.2) is 0 Å². The van der Waals surface area contributed by atoms with Crippen molar-refractivity contribution in [3.63, 3.8) is 0 Å². The van der Waals surface area contributed by atoms with E-state index in [0.717, 1.165) is 31.7 Å². The first-order valence-electron chi connectivity index (χ1n) is 7.40. The van der Waals surface area contributed by atoms with E-state index in [4.69, 9.17) is 0 Å². The van der Waals surface area contributed by atoms with Crippen molar-refractivity contribution in [3.05, 3.63) is 30.1 Å². The second kappa shape index (κ2) is 7.33. The fourth-order valence-electron chi connectivity index (χ4n) is 2.93. The van der Waals surface area contributed by atoms with Gasteiger partial charge in [0.2, 0.25) is 10.0 Å². The molecule has 1 aliphatic carbocycles. The van der Waals surface area contributed by atoms with Crippen molar-refractivity contribution in [1.29, 1.82) is 0 Å². The molecule has 1 aromatic rings. The summed E-state index contributed by atoms with van der Waals surface area (Å²) in [6.45, 7) is -0.274. The van der Waals surface area contributed by atoms with Crippen molar-refractivity contribution >= 4 is 10.0 Å². The number of hydrogen-bond acceptors (Lipinski definition) is 3. The quantitative estimate of drug-likeness (QED) is 0.847. The summed E-state index contributed by atoms with van der Waals surface area (Å²) in [6, 6.07) is 4.71. The summed E-state index contributed by atoms with van der Waals surface area (Å²) in [5.74, 6) is -0.349. The van der Waals surface area contributed by atoms with Crippen LogP contribution in [0.25, 0.3) is 0 Å². The molecule has 1 aliphatic rings. The van der Waals surface area contributed by atoms with E-state index in [2.05, 4.69) is 4.72 Å². The first kappa shape index (κ1) is 16.4. The maximum absolute atomic E-state index is 13.6. The molecule has 118 valence electrons. The van der Waals surface area contributed by atoms with Crippen LogP contribution in [-0.4, -0.2) is 26.2 Å². The Kier molecular flexibility index (Phi) is 5.72. The Morgan fingerprint density at radius 2 is 1.90 bits per heavy atom. The summed E-state index contributed by atoms with van der Waals surface area (Å²) in [6.07, 6.45) is 6.27. The second-order valence-corrected chi connectivity index (χ2v) is 7.35. The molecule has 1 fully saturated rings. The van der Waals surface area contributed by atoms with E-state index in [1.54, 1.807) is 0 Å². The summed E-state index contributed by atoms with van der Waals surface area (Å²) in [5, 5.41) is 9.42. The molecule has 6 heteroatoms. The van der Waals surface area contributed by atoms with E-state index >= 15 is 0 Å². The average molecular weight is 315 g/mol. The largest absolute Gasteiger partial charge is 0.395 e. The Labute approximate surface area is 125 Å². The van der Waals surface area contributed by atoms with Crippen molar-refractivity contribution in [2.75, 3.05) is 6.61 Å². The minimum Gasteiger partial charge on any atom is -0.395 e. The molecule has 0 bridgehead atoms. The molecule has 2 rings (SSSR count). The molecular weight excluding hydrogens is 293 g/mol. The molecule has 2 N–H and O–H groups in total. The van der Waals surface area contributed by atoms with Gasteiger partial charge >= 0.3 is 0 Å². The molecule has 1 atom stereocenters. The molecule has 1 aromatic carbocycles. The highest BCUT2D eigenvalue weighted by molar-refractivity contribution is 7.89. The van der Waals surface area contributed by atoms with Crippen LogP contribution >= 0.6 is 0 Å². The lowest BCUT2D eigenvalue weighted by Gasteiger charge is -2.26. The molecule has 21 heavy (non-hydrogen) atoms. The van der Waals surface area contributed by atoms with Crippen LogP contribution in [0.4, 0.5) is 4.39 Å². The molecule has 0 amide bonds. The fraction of sp³-hybridized carbons (Fsp3) is 0.600. The SMILES string of the molecule is O=S(=O)(N[C@H](CO)CC1CCCCC1)c1ccccc1F. The van der Waals surface area contributed by atoms with E-state index in [1.165, 1.54) is 24.6 Å². The zero-order valence-electron chi connectivity index (χ0n) is 12.0. The first-order chi connectivity index (χ1) is 10.0. The van der Waals surface area contributed by atoms with Crippen LogP contribution in [0.15, 0.2) is 29.2 Å². The van der Waals surface area contributed by atoms with Gasteiger partial charge in [-0.25, -0.2) is 17.5 Å². The van der Waals surface area contributed by atoms with E-state index < -0.39 is 21.9 Å². The number of hydrogen-bond donors (Lipinski definition) is 2. The van der Waals surface area contributed by atoms with Gasteiger partial charge in [-0.2, -0.15) is 0 Å². The highest BCUT2D eigenvalue weighted by Crippen LogP contribution is 2.27. The number of sulfonamides is 1. The molecular formula is C15H22FNO3S. The number of aliphatic hydroxyl groups is 1. The molecule has 0 spiro atoms. The highest BCUT2D eigenvalue weighted by atomic mass is 32.2. The first-order valence-corrected chi connectivity index (χ1v) is 8.89. The average Bonchev–Trinajstić information content (AvgIpc) is 2.47. The lowest BCUT2D eigenvalue weighted by atomic mass is 9.85. The predicted octanol–water partition coefficient (Wildman–Crippen LogP) is 2.44. The lowest BCUT2D eigenvalue weighted by molar-refractivity contribution is 0.218. The van der Waals surface area contributed by atoms with Gasteiger partial charge in [0.1, 0.15) is 10.7 Å². The number of aliphatic hydroxyl groups excluding tert-OH is 1. The number of nitrogens with one attached hydrogen (secondary N) is 1. The zero-order chi connectivity index (χ0) is 15.3. The molecule has 4 nitrogen and oxygen atoms in total. The van der Waals surface area contributed by atoms with Crippen LogP contribution in [0.2, 0.25) is 0 Å². The molecule has 0 aliphatic heterocycles. The van der Waals surface area contributed by atoms with Crippen LogP contribution in [0.5, 0.6) is 0 Å². The maximum Gasteiger partial charge on any atom is 0.243 e. The van der Waals surface area contributed by atoms with Gasteiger partial charge in [0, 0.05) is 6.04 Å². The Morgan fingerprint density at radius 1 is 1.24 bits per heavy atom. The summed E-state index contributed by atoms with van der Waals surface area (Å²) in [4.78, 5) is -0.368. The van der Waals surface area contributed by atoms with Gasteiger partial charge in [-0.1, -0.05) is 44.2 Å². The standard InChI is InChI=1S/C15H22FNO3S/c16-14-8-4-5-9-15(14)21(19,20)17-13(11-18)10-12-6-2-1-3-7-12/h4-5,8-9,12-13,17-18H,1-3,6-7,10-11H2/t13-/m0/s1. The summed E-state index contributed by atoms with van der Waals surface area (Å²) in [7, 11) is -3.94. The van der Waals surface area contributed by atoms with E-state index in [1.807, 2.05) is 0 Å².